The van der Waals surface area contributed by atoms with E-state index in [1.807, 2.05) is 19.9 Å². The maximum absolute atomic E-state index is 12.6. The van der Waals surface area contributed by atoms with Gasteiger partial charge in [0.25, 0.3) is 5.91 Å². The summed E-state index contributed by atoms with van der Waals surface area (Å²) in [6.07, 6.45) is 0. The Morgan fingerprint density at radius 2 is 2.00 bits per heavy atom. The van der Waals surface area contributed by atoms with Crippen molar-refractivity contribution in [2.75, 3.05) is 10.7 Å². The van der Waals surface area contributed by atoms with Crippen LogP contribution >= 0.6 is 34.5 Å². The van der Waals surface area contributed by atoms with Crippen LogP contribution in [0.3, 0.4) is 0 Å². The van der Waals surface area contributed by atoms with Crippen molar-refractivity contribution in [2.45, 2.75) is 13.8 Å². The van der Waals surface area contributed by atoms with E-state index in [-0.39, 0.29) is 5.91 Å². The van der Waals surface area contributed by atoms with E-state index in [4.69, 9.17) is 29.0 Å². The van der Waals surface area contributed by atoms with Crippen molar-refractivity contribution in [1.29, 1.82) is 0 Å². The fourth-order valence-electron chi connectivity index (χ4n) is 2.49. The molecular weight excluding hydrogens is 367 g/mol. The van der Waals surface area contributed by atoms with Crippen molar-refractivity contribution < 1.29 is 4.79 Å². The molecule has 2 aromatic carbocycles. The fourth-order valence-corrected chi connectivity index (χ4v) is 3.85. The zero-order chi connectivity index (χ0) is 17.4. The van der Waals surface area contributed by atoms with Crippen LogP contribution in [0.25, 0.3) is 10.2 Å². The zero-order valence-corrected chi connectivity index (χ0v) is 15.2. The molecule has 3 rings (SSSR count). The minimum Gasteiger partial charge on any atom is -0.321 e. The Balaban J connectivity index is 2.01. The van der Waals surface area contributed by atoms with E-state index in [9.17, 15) is 4.79 Å². The smallest absolute Gasteiger partial charge is 0.257 e. The molecule has 0 aliphatic carbocycles. The van der Waals surface area contributed by atoms with Crippen LogP contribution in [-0.2, 0) is 0 Å². The van der Waals surface area contributed by atoms with Crippen LogP contribution in [0.4, 0.5) is 10.8 Å². The molecule has 8 heteroatoms. The van der Waals surface area contributed by atoms with Crippen molar-refractivity contribution in [2.24, 2.45) is 5.84 Å². The second kappa shape index (κ2) is 6.57. The van der Waals surface area contributed by atoms with Gasteiger partial charge in [-0.2, -0.15) is 0 Å². The molecule has 0 bridgehead atoms. The highest BCUT2D eigenvalue weighted by Gasteiger charge is 2.16. The number of aryl methyl sites for hydroxylation is 2. The number of hydrazine groups is 1. The monoisotopic (exact) mass is 380 g/mol. The van der Waals surface area contributed by atoms with Crippen molar-refractivity contribution >= 4 is 61.5 Å². The highest BCUT2D eigenvalue weighted by atomic mass is 35.5. The summed E-state index contributed by atoms with van der Waals surface area (Å²) < 4.78 is 0.964. The molecule has 0 unspecified atom stereocenters. The Labute approximate surface area is 152 Å². The van der Waals surface area contributed by atoms with Crippen LogP contribution in [0.5, 0.6) is 0 Å². The molecule has 0 radical (unpaired) electrons. The first-order chi connectivity index (χ1) is 11.4. The number of halogens is 2. The predicted molar refractivity (Wildman–Crippen MR) is 101 cm³/mol. The van der Waals surface area contributed by atoms with Gasteiger partial charge in [0.05, 0.1) is 20.8 Å². The van der Waals surface area contributed by atoms with Gasteiger partial charge < -0.3 is 5.32 Å². The average molecular weight is 381 g/mol. The summed E-state index contributed by atoms with van der Waals surface area (Å²) in [5, 5.41) is 4.35. The van der Waals surface area contributed by atoms with Gasteiger partial charge in [0.2, 0.25) is 0 Å². The largest absolute Gasteiger partial charge is 0.321 e. The summed E-state index contributed by atoms with van der Waals surface area (Å²) in [5.41, 5.74) is 6.34. The number of aromatic nitrogens is 1. The van der Waals surface area contributed by atoms with Crippen LogP contribution in [-0.4, -0.2) is 10.9 Å². The molecule has 4 N–H and O–H groups in total. The van der Waals surface area contributed by atoms with E-state index in [0.717, 1.165) is 27.0 Å². The Hall–Kier alpha value is -1.86. The Morgan fingerprint density at radius 1 is 1.25 bits per heavy atom. The van der Waals surface area contributed by atoms with Crippen molar-refractivity contribution in [1.82, 2.24) is 4.98 Å². The Morgan fingerprint density at radius 3 is 2.67 bits per heavy atom. The van der Waals surface area contributed by atoms with Gasteiger partial charge in [0.1, 0.15) is 0 Å². The van der Waals surface area contributed by atoms with E-state index in [2.05, 4.69) is 15.7 Å². The molecule has 1 heterocycles. The number of nitrogens with zero attached hydrogens (tertiary/aromatic N) is 1. The van der Waals surface area contributed by atoms with Gasteiger partial charge in [-0.15, -0.1) is 0 Å². The van der Waals surface area contributed by atoms with Gasteiger partial charge in [-0.05, 0) is 49.2 Å². The summed E-state index contributed by atoms with van der Waals surface area (Å²) in [7, 11) is 0. The third-order valence-electron chi connectivity index (χ3n) is 3.65. The normalized spacial score (nSPS) is 10.9. The van der Waals surface area contributed by atoms with Crippen LogP contribution in [0.2, 0.25) is 10.0 Å². The SMILES string of the molecule is Cc1cc2nc(NN)sc2c(C)c1NC(=O)c1ccc(Cl)cc1Cl. The Kier molecular flexibility index (Phi) is 4.64. The number of hydrogen-bond donors (Lipinski definition) is 3. The molecular formula is C16H14Cl2N4OS. The van der Waals surface area contributed by atoms with Gasteiger partial charge in [-0.1, -0.05) is 34.5 Å². The minimum absolute atomic E-state index is 0.288. The first-order valence-electron chi connectivity index (χ1n) is 7.04. The van der Waals surface area contributed by atoms with Crippen LogP contribution in [0.1, 0.15) is 21.5 Å². The molecule has 0 aliphatic heterocycles. The van der Waals surface area contributed by atoms with Gasteiger partial charge in [0, 0.05) is 10.7 Å². The lowest BCUT2D eigenvalue weighted by atomic mass is 10.1. The molecule has 0 saturated heterocycles. The van der Waals surface area contributed by atoms with E-state index in [1.165, 1.54) is 11.3 Å². The molecule has 24 heavy (non-hydrogen) atoms. The average Bonchev–Trinajstić information content (AvgIpc) is 2.94. The van der Waals surface area contributed by atoms with Gasteiger partial charge in [-0.3, -0.25) is 10.2 Å². The number of benzene rings is 2. The standard InChI is InChI=1S/C16H14Cl2N4OS/c1-7-5-12-14(24-16(20-12)22-19)8(2)13(7)21-15(23)10-4-3-9(17)6-11(10)18/h3-6H,19H2,1-2H3,(H,20,22)(H,21,23). The third-order valence-corrected chi connectivity index (χ3v) is 5.32. The number of fused-ring (bicyclic) bond motifs is 1. The number of hydrogen-bond acceptors (Lipinski definition) is 5. The molecule has 0 spiro atoms. The van der Waals surface area contributed by atoms with E-state index in [0.29, 0.717) is 20.7 Å². The number of rotatable bonds is 3. The number of nitrogen functional groups attached to an aromatic ring is 1. The van der Waals surface area contributed by atoms with Crippen LogP contribution in [0, 0.1) is 13.8 Å². The van der Waals surface area contributed by atoms with Crippen molar-refractivity contribution in [3.05, 3.63) is 51.0 Å². The maximum atomic E-state index is 12.6. The molecule has 5 nitrogen and oxygen atoms in total. The molecule has 124 valence electrons. The first kappa shape index (κ1) is 17.0. The van der Waals surface area contributed by atoms with Crippen LogP contribution in [0.15, 0.2) is 24.3 Å². The first-order valence-corrected chi connectivity index (χ1v) is 8.61. The third kappa shape index (κ3) is 3.06. The second-order valence-corrected chi connectivity index (χ2v) is 7.13. The highest BCUT2D eigenvalue weighted by Crippen LogP contribution is 2.35. The number of carbonyl (C=O) groups excluding carboxylic acids is 1. The summed E-state index contributed by atoms with van der Waals surface area (Å²) >= 11 is 13.4. The lowest BCUT2D eigenvalue weighted by Gasteiger charge is -2.13. The minimum atomic E-state index is -0.288. The summed E-state index contributed by atoms with van der Waals surface area (Å²) in [6.45, 7) is 3.85. The van der Waals surface area contributed by atoms with Crippen molar-refractivity contribution in [3.8, 4) is 0 Å². The van der Waals surface area contributed by atoms with Gasteiger partial charge in [-0.25, -0.2) is 10.8 Å². The van der Waals surface area contributed by atoms with Crippen LogP contribution < -0.4 is 16.6 Å². The van der Waals surface area contributed by atoms with E-state index < -0.39 is 0 Å². The lowest BCUT2D eigenvalue weighted by Crippen LogP contribution is -2.14. The van der Waals surface area contributed by atoms with Crippen molar-refractivity contribution in [3.63, 3.8) is 0 Å². The van der Waals surface area contributed by atoms with Gasteiger partial charge >= 0.3 is 0 Å². The summed E-state index contributed by atoms with van der Waals surface area (Å²) in [6, 6.07) is 6.70. The predicted octanol–water partition coefficient (Wildman–Crippen LogP) is 4.76. The quantitative estimate of drug-likeness (QED) is 0.452. The maximum Gasteiger partial charge on any atom is 0.257 e. The number of nitrogens with one attached hydrogen (secondary N) is 2. The lowest BCUT2D eigenvalue weighted by molar-refractivity contribution is 0.102. The Bertz CT molecular complexity index is 955. The molecule has 0 aliphatic rings. The highest BCUT2D eigenvalue weighted by molar-refractivity contribution is 7.22. The summed E-state index contributed by atoms with van der Waals surface area (Å²) in [5.74, 6) is 5.14. The number of anilines is 2. The second-order valence-electron chi connectivity index (χ2n) is 5.28. The number of thiazole rings is 1. The zero-order valence-electron chi connectivity index (χ0n) is 12.9. The molecule has 0 atom stereocenters. The number of nitrogens with two attached hydrogens (primary N) is 1. The number of amides is 1. The molecule has 0 fully saturated rings. The fraction of sp³-hybridized carbons (Fsp3) is 0.125. The van der Waals surface area contributed by atoms with E-state index in [1.54, 1.807) is 18.2 Å². The number of carbonyl (C=O) groups is 1. The summed E-state index contributed by atoms with van der Waals surface area (Å²) in [4.78, 5) is 17.0. The molecule has 0 saturated carbocycles. The molecule has 3 aromatic rings. The molecule has 1 amide bonds. The van der Waals surface area contributed by atoms with E-state index >= 15 is 0 Å². The van der Waals surface area contributed by atoms with Gasteiger partial charge in [0.15, 0.2) is 5.13 Å². The topological polar surface area (TPSA) is 80.0 Å². The molecule has 1 aromatic heterocycles.